The normalized spacial score (nSPS) is 20.7. The number of hydrogen-bond donors (Lipinski definition) is 1. The van der Waals surface area contributed by atoms with Crippen LogP contribution >= 0.6 is 22.7 Å². The van der Waals surface area contributed by atoms with Crippen LogP contribution in [0.15, 0.2) is 10.9 Å². The topological polar surface area (TPSA) is 55.0 Å². The molecule has 0 saturated heterocycles. The number of thiazole rings is 2. The van der Waals surface area contributed by atoms with E-state index in [1.54, 1.807) is 22.7 Å². The first-order valence-electron chi connectivity index (χ1n) is 6.78. The van der Waals surface area contributed by atoms with Crippen molar-refractivity contribution in [3.63, 3.8) is 0 Å². The summed E-state index contributed by atoms with van der Waals surface area (Å²) < 4.78 is 0. The van der Waals surface area contributed by atoms with Crippen LogP contribution < -0.4 is 10.6 Å². The number of aromatic nitrogens is 2. The quantitative estimate of drug-likeness (QED) is 0.946. The molecule has 0 bridgehead atoms. The fourth-order valence-electron chi connectivity index (χ4n) is 2.77. The molecule has 0 aliphatic heterocycles. The van der Waals surface area contributed by atoms with Crippen LogP contribution in [0.2, 0.25) is 0 Å². The smallest absolute Gasteiger partial charge is 0.185 e. The molecular formula is C14H20N4S2. The molecule has 2 N–H and O–H groups in total. The van der Waals surface area contributed by atoms with Crippen molar-refractivity contribution in [2.75, 3.05) is 11.9 Å². The zero-order valence-electron chi connectivity index (χ0n) is 12.1. The molecule has 0 fully saturated rings. The molecule has 0 aromatic carbocycles. The minimum absolute atomic E-state index is 0.132. The maximum atomic E-state index is 6.31. The lowest BCUT2D eigenvalue weighted by molar-refractivity contribution is 0.282. The second-order valence-electron chi connectivity index (χ2n) is 6.29. The summed E-state index contributed by atoms with van der Waals surface area (Å²) in [6, 6.07) is 0.132. The Morgan fingerprint density at radius 1 is 1.50 bits per heavy atom. The highest BCUT2D eigenvalue weighted by Crippen LogP contribution is 2.43. The highest BCUT2D eigenvalue weighted by Gasteiger charge is 2.33. The van der Waals surface area contributed by atoms with Crippen molar-refractivity contribution >= 4 is 27.8 Å². The van der Waals surface area contributed by atoms with Crippen LogP contribution in [0.25, 0.3) is 0 Å². The van der Waals surface area contributed by atoms with E-state index in [0.29, 0.717) is 0 Å². The van der Waals surface area contributed by atoms with E-state index in [0.717, 1.165) is 30.2 Å². The zero-order valence-corrected chi connectivity index (χ0v) is 13.7. The molecule has 6 heteroatoms. The Kier molecular flexibility index (Phi) is 3.56. The molecule has 2 heterocycles. The van der Waals surface area contributed by atoms with Gasteiger partial charge in [0.05, 0.1) is 23.4 Å². The maximum Gasteiger partial charge on any atom is 0.185 e. The van der Waals surface area contributed by atoms with E-state index in [2.05, 4.69) is 36.2 Å². The van der Waals surface area contributed by atoms with Gasteiger partial charge in [0, 0.05) is 23.3 Å². The van der Waals surface area contributed by atoms with Gasteiger partial charge in [0.2, 0.25) is 0 Å². The molecule has 0 spiro atoms. The van der Waals surface area contributed by atoms with Crippen LogP contribution in [0, 0.1) is 5.41 Å². The van der Waals surface area contributed by atoms with Crippen molar-refractivity contribution in [1.29, 1.82) is 0 Å². The third-order valence-electron chi connectivity index (χ3n) is 3.68. The van der Waals surface area contributed by atoms with E-state index in [9.17, 15) is 0 Å². The minimum Gasteiger partial charge on any atom is -0.345 e. The summed E-state index contributed by atoms with van der Waals surface area (Å²) in [5, 5.41) is 3.13. The van der Waals surface area contributed by atoms with Crippen LogP contribution in [0.3, 0.4) is 0 Å². The third-order valence-corrected chi connectivity index (χ3v) is 5.66. The molecule has 1 atom stereocenters. The SMILES string of the molecule is CN(Cc1cscn1)c1nc2c(s1)C(N)CC(C)(C)C2. The van der Waals surface area contributed by atoms with Gasteiger partial charge in [-0.15, -0.1) is 11.3 Å². The predicted octanol–water partition coefficient (Wildman–Crippen LogP) is 3.21. The van der Waals surface area contributed by atoms with Crippen molar-refractivity contribution in [3.05, 3.63) is 27.2 Å². The van der Waals surface area contributed by atoms with E-state index in [-0.39, 0.29) is 11.5 Å². The molecule has 0 amide bonds. The molecule has 4 nitrogen and oxygen atoms in total. The van der Waals surface area contributed by atoms with Crippen LogP contribution in [0.1, 0.15) is 42.6 Å². The van der Waals surface area contributed by atoms with Gasteiger partial charge in [-0.1, -0.05) is 25.2 Å². The van der Waals surface area contributed by atoms with Crippen LogP contribution in [0.4, 0.5) is 5.13 Å². The number of nitrogens with two attached hydrogens (primary N) is 1. The first kappa shape index (κ1) is 14.0. The molecule has 20 heavy (non-hydrogen) atoms. The molecule has 3 rings (SSSR count). The maximum absolute atomic E-state index is 6.31. The van der Waals surface area contributed by atoms with E-state index < -0.39 is 0 Å². The monoisotopic (exact) mass is 308 g/mol. The molecule has 2 aromatic heterocycles. The van der Waals surface area contributed by atoms with Crippen LogP contribution in [0.5, 0.6) is 0 Å². The van der Waals surface area contributed by atoms with Gasteiger partial charge in [-0.2, -0.15) is 0 Å². The molecular weight excluding hydrogens is 288 g/mol. The van der Waals surface area contributed by atoms with Gasteiger partial charge >= 0.3 is 0 Å². The lowest BCUT2D eigenvalue weighted by Crippen LogP contribution is -2.28. The Labute approximate surface area is 127 Å². The molecule has 1 aliphatic rings. The fraction of sp³-hybridized carbons (Fsp3) is 0.571. The molecule has 1 aliphatic carbocycles. The molecule has 0 saturated carbocycles. The first-order valence-corrected chi connectivity index (χ1v) is 8.54. The van der Waals surface area contributed by atoms with Crippen LogP contribution in [-0.4, -0.2) is 17.0 Å². The first-order chi connectivity index (χ1) is 9.44. The fourth-order valence-corrected chi connectivity index (χ4v) is 4.36. The van der Waals surface area contributed by atoms with Crippen molar-refractivity contribution in [1.82, 2.24) is 9.97 Å². The average molecular weight is 308 g/mol. The van der Waals surface area contributed by atoms with Gasteiger partial charge in [-0.05, 0) is 18.3 Å². The van der Waals surface area contributed by atoms with Gasteiger partial charge < -0.3 is 10.6 Å². The Bertz CT molecular complexity index is 588. The molecule has 108 valence electrons. The minimum atomic E-state index is 0.132. The summed E-state index contributed by atoms with van der Waals surface area (Å²) in [6.07, 6.45) is 2.06. The van der Waals surface area contributed by atoms with Crippen LogP contribution in [-0.2, 0) is 13.0 Å². The van der Waals surface area contributed by atoms with E-state index in [4.69, 9.17) is 10.7 Å². The number of hydrogen-bond acceptors (Lipinski definition) is 6. The number of rotatable bonds is 3. The summed E-state index contributed by atoms with van der Waals surface area (Å²) in [5.41, 5.74) is 10.7. The average Bonchev–Trinajstić information content (AvgIpc) is 2.96. The summed E-state index contributed by atoms with van der Waals surface area (Å²) in [5.74, 6) is 0. The number of nitrogens with zero attached hydrogens (tertiary/aromatic N) is 3. The predicted molar refractivity (Wildman–Crippen MR) is 85.4 cm³/mol. The highest BCUT2D eigenvalue weighted by molar-refractivity contribution is 7.15. The summed E-state index contributed by atoms with van der Waals surface area (Å²) >= 11 is 3.37. The Morgan fingerprint density at radius 2 is 2.30 bits per heavy atom. The molecule has 0 radical (unpaired) electrons. The van der Waals surface area contributed by atoms with E-state index in [1.165, 1.54) is 10.6 Å². The molecule has 1 unspecified atom stereocenters. The van der Waals surface area contributed by atoms with Gasteiger partial charge in [-0.25, -0.2) is 9.97 Å². The lowest BCUT2D eigenvalue weighted by atomic mass is 9.77. The van der Waals surface area contributed by atoms with Crippen molar-refractivity contribution < 1.29 is 0 Å². The Balaban J connectivity index is 1.82. The zero-order chi connectivity index (χ0) is 14.3. The highest BCUT2D eigenvalue weighted by atomic mass is 32.1. The van der Waals surface area contributed by atoms with Crippen molar-refractivity contribution in [3.8, 4) is 0 Å². The van der Waals surface area contributed by atoms with E-state index >= 15 is 0 Å². The number of anilines is 1. The third kappa shape index (κ3) is 2.73. The second-order valence-corrected chi connectivity index (χ2v) is 8.02. The summed E-state index contributed by atoms with van der Waals surface area (Å²) in [6.45, 7) is 5.34. The lowest BCUT2D eigenvalue weighted by Gasteiger charge is -2.32. The second kappa shape index (κ2) is 5.09. The largest absolute Gasteiger partial charge is 0.345 e. The Morgan fingerprint density at radius 3 is 3.00 bits per heavy atom. The van der Waals surface area contributed by atoms with E-state index in [1.807, 2.05) is 5.51 Å². The van der Waals surface area contributed by atoms with Crippen molar-refractivity contribution in [2.45, 2.75) is 39.3 Å². The molecule has 2 aromatic rings. The Hall–Kier alpha value is -0.980. The number of fused-ring (bicyclic) bond motifs is 1. The standard InChI is InChI=1S/C14H20N4S2/c1-14(2)4-10(15)12-11(5-14)17-13(20-12)18(3)6-9-7-19-8-16-9/h7-8,10H,4-6,15H2,1-3H3. The summed E-state index contributed by atoms with van der Waals surface area (Å²) in [7, 11) is 2.07. The van der Waals surface area contributed by atoms with Crippen molar-refractivity contribution in [2.24, 2.45) is 11.1 Å². The van der Waals surface area contributed by atoms with Gasteiger partial charge in [0.1, 0.15) is 0 Å². The van der Waals surface area contributed by atoms with Gasteiger partial charge in [0.15, 0.2) is 5.13 Å². The van der Waals surface area contributed by atoms with Gasteiger partial charge in [0.25, 0.3) is 0 Å². The summed E-state index contributed by atoms with van der Waals surface area (Å²) in [4.78, 5) is 12.6. The van der Waals surface area contributed by atoms with Gasteiger partial charge in [-0.3, -0.25) is 0 Å².